The second-order valence-electron chi connectivity index (χ2n) is 5.97. The van der Waals surface area contributed by atoms with E-state index in [0.29, 0.717) is 11.8 Å². The molecule has 0 radical (unpaired) electrons. The van der Waals surface area contributed by atoms with Crippen LogP contribution in [0.2, 0.25) is 0 Å². The van der Waals surface area contributed by atoms with E-state index in [2.05, 4.69) is 17.6 Å². The number of nitrogens with one attached hydrogen (secondary N) is 2. The van der Waals surface area contributed by atoms with Crippen molar-refractivity contribution in [2.75, 3.05) is 19.6 Å². The van der Waals surface area contributed by atoms with E-state index in [1.807, 2.05) is 42.5 Å². The first-order valence-corrected chi connectivity index (χ1v) is 7.72. The van der Waals surface area contributed by atoms with Crippen molar-refractivity contribution in [2.45, 2.75) is 13.3 Å². The first kappa shape index (κ1) is 14.1. The Labute approximate surface area is 125 Å². The molecule has 1 heterocycles. The number of piperidine rings is 1. The quantitative estimate of drug-likeness (QED) is 0.909. The third-order valence-electron chi connectivity index (χ3n) is 4.55. The van der Waals surface area contributed by atoms with Crippen LogP contribution in [0.3, 0.4) is 0 Å². The number of hydrogen-bond donors (Lipinski definition) is 2. The molecule has 0 spiro atoms. The van der Waals surface area contributed by atoms with E-state index < -0.39 is 0 Å². The van der Waals surface area contributed by atoms with Crippen molar-refractivity contribution in [3.05, 3.63) is 48.0 Å². The third kappa shape index (κ3) is 3.08. The van der Waals surface area contributed by atoms with Crippen molar-refractivity contribution >= 4 is 16.7 Å². The molecule has 2 aromatic carbocycles. The molecule has 3 nitrogen and oxygen atoms in total. The predicted octanol–water partition coefficient (Wildman–Crippen LogP) is 2.82. The molecule has 1 fully saturated rings. The zero-order valence-electron chi connectivity index (χ0n) is 12.4. The van der Waals surface area contributed by atoms with Gasteiger partial charge in [-0.05, 0) is 48.2 Å². The molecule has 2 aromatic rings. The Bertz CT molecular complexity index is 633. The van der Waals surface area contributed by atoms with Crippen molar-refractivity contribution < 1.29 is 4.79 Å². The van der Waals surface area contributed by atoms with Gasteiger partial charge in [0.15, 0.2) is 0 Å². The van der Waals surface area contributed by atoms with Crippen molar-refractivity contribution in [1.29, 1.82) is 0 Å². The highest BCUT2D eigenvalue weighted by atomic mass is 16.1. The Morgan fingerprint density at radius 3 is 2.90 bits per heavy atom. The van der Waals surface area contributed by atoms with E-state index in [-0.39, 0.29) is 5.91 Å². The highest BCUT2D eigenvalue weighted by molar-refractivity contribution is 6.06. The fourth-order valence-electron chi connectivity index (χ4n) is 3.07. The summed E-state index contributed by atoms with van der Waals surface area (Å²) in [6.07, 6.45) is 1.19. The van der Waals surface area contributed by atoms with Crippen molar-refractivity contribution in [1.82, 2.24) is 10.6 Å². The highest BCUT2D eigenvalue weighted by Gasteiger charge is 2.21. The molecule has 1 aliphatic heterocycles. The molecule has 2 N–H and O–H groups in total. The Hall–Kier alpha value is -1.87. The Morgan fingerprint density at radius 1 is 1.24 bits per heavy atom. The summed E-state index contributed by atoms with van der Waals surface area (Å²) in [5, 5.41) is 8.65. The van der Waals surface area contributed by atoms with Gasteiger partial charge in [-0.1, -0.05) is 43.3 Å². The normalized spacial score (nSPS) is 22.1. The van der Waals surface area contributed by atoms with Gasteiger partial charge in [0, 0.05) is 12.1 Å². The molecule has 3 rings (SSSR count). The summed E-state index contributed by atoms with van der Waals surface area (Å²) in [5.74, 6) is 1.22. The number of fused-ring (bicyclic) bond motifs is 1. The van der Waals surface area contributed by atoms with E-state index in [4.69, 9.17) is 0 Å². The molecule has 21 heavy (non-hydrogen) atoms. The van der Waals surface area contributed by atoms with Crippen LogP contribution in [0.1, 0.15) is 23.7 Å². The van der Waals surface area contributed by atoms with Gasteiger partial charge in [-0.25, -0.2) is 0 Å². The Morgan fingerprint density at radius 2 is 2.05 bits per heavy atom. The smallest absolute Gasteiger partial charge is 0.251 e. The molecule has 0 aromatic heterocycles. The molecule has 0 aliphatic carbocycles. The topological polar surface area (TPSA) is 41.1 Å². The monoisotopic (exact) mass is 282 g/mol. The second kappa shape index (κ2) is 6.27. The van der Waals surface area contributed by atoms with Crippen LogP contribution in [0.5, 0.6) is 0 Å². The van der Waals surface area contributed by atoms with Gasteiger partial charge in [0.1, 0.15) is 0 Å². The van der Waals surface area contributed by atoms with Gasteiger partial charge in [0.2, 0.25) is 0 Å². The molecule has 2 atom stereocenters. The summed E-state index contributed by atoms with van der Waals surface area (Å²) in [6, 6.07) is 13.9. The summed E-state index contributed by atoms with van der Waals surface area (Å²) in [5.41, 5.74) is 0.768. The minimum Gasteiger partial charge on any atom is -0.352 e. The molecular formula is C18H22N2O. The van der Waals surface area contributed by atoms with Crippen molar-refractivity contribution in [3.8, 4) is 0 Å². The van der Waals surface area contributed by atoms with Crippen LogP contribution < -0.4 is 10.6 Å². The first-order valence-electron chi connectivity index (χ1n) is 7.72. The maximum atomic E-state index is 12.5. The zero-order valence-corrected chi connectivity index (χ0v) is 12.4. The number of amides is 1. The van der Waals surface area contributed by atoms with Crippen LogP contribution >= 0.6 is 0 Å². The molecule has 110 valence electrons. The number of hydrogen-bond acceptors (Lipinski definition) is 2. The average molecular weight is 282 g/mol. The lowest BCUT2D eigenvalue weighted by Gasteiger charge is -2.29. The number of benzene rings is 2. The van der Waals surface area contributed by atoms with E-state index in [1.54, 1.807) is 0 Å². The van der Waals surface area contributed by atoms with Crippen LogP contribution in [0.4, 0.5) is 0 Å². The maximum Gasteiger partial charge on any atom is 0.251 e. The van der Waals surface area contributed by atoms with Gasteiger partial charge in [-0.3, -0.25) is 4.79 Å². The van der Waals surface area contributed by atoms with Crippen molar-refractivity contribution in [2.24, 2.45) is 11.8 Å². The Balaban J connectivity index is 1.72. The standard InChI is InChI=1S/C18H22N2O/c1-13-9-10-19-11-15(13)12-20-18(21)17-8-4-6-14-5-2-3-7-16(14)17/h2-8,13,15,19H,9-12H2,1H3,(H,20,21). The number of carbonyl (C=O) groups excluding carboxylic acids is 1. The van der Waals surface area contributed by atoms with Gasteiger partial charge < -0.3 is 10.6 Å². The molecule has 0 saturated carbocycles. The summed E-state index contributed by atoms with van der Waals surface area (Å²) in [4.78, 5) is 12.5. The molecule has 3 heteroatoms. The lowest BCUT2D eigenvalue weighted by Crippen LogP contribution is -2.42. The van der Waals surface area contributed by atoms with Gasteiger partial charge in [-0.15, -0.1) is 0 Å². The molecule has 1 saturated heterocycles. The SMILES string of the molecule is CC1CCNCC1CNC(=O)c1cccc2ccccc12. The van der Waals surface area contributed by atoms with Crippen molar-refractivity contribution in [3.63, 3.8) is 0 Å². The first-order chi connectivity index (χ1) is 10.3. The summed E-state index contributed by atoms with van der Waals surface area (Å²) < 4.78 is 0. The lowest BCUT2D eigenvalue weighted by atomic mass is 9.88. The van der Waals surface area contributed by atoms with Gasteiger partial charge in [0.05, 0.1) is 0 Å². The van der Waals surface area contributed by atoms with Gasteiger partial charge in [-0.2, -0.15) is 0 Å². The molecule has 2 unspecified atom stereocenters. The van der Waals surface area contributed by atoms with E-state index in [1.165, 1.54) is 6.42 Å². The molecule has 1 aliphatic rings. The van der Waals surface area contributed by atoms with E-state index >= 15 is 0 Å². The second-order valence-corrected chi connectivity index (χ2v) is 5.97. The fourth-order valence-corrected chi connectivity index (χ4v) is 3.07. The van der Waals surface area contributed by atoms with E-state index in [0.717, 1.165) is 36.0 Å². The summed E-state index contributed by atoms with van der Waals surface area (Å²) >= 11 is 0. The minimum atomic E-state index is 0.0320. The number of rotatable bonds is 3. The lowest BCUT2D eigenvalue weighted by molar-refractivity contribution is 0.0940. The largest absolute Gasteiger partial charge is 0.352 e. The average Bonchev–Trinajstić information content (AvgIpc) is 2.53. The minimum absolute atomic E-state index is 0.0320. The summed E-state index contributed by atoms with van der Waals surface area (Å²) in [6.45, 7) is 5.11. The summed E-state index contributed by atoms with van der Waals surface area (Å²) in [7, 11) is 0. The highest BCUT2D eigenvalue weighted by Crippen LogP contribution is 2.20. The maximum absolute atomic E-state index is 12.5. The van der Waals surface area contributed by atoms with Crippen LogP contribution in [-0.4, -0.2) is 25.5 Å². The molecule has 1 amide bonds. The number of carbonyl (C=O) groups is 1. The molecule has 0 bridgehead atoms. The predicted molar refractivity (Wildman–Crippen MR) is 86.4 cm³/mol. The third-order valence-corrected chi connectivity index (χ3v) is 4.55. The van der Waals surface area contributed by atoms with Crippen LogP contribution in [0, 0.1) is 11.8 Å². The fraction of sp³-hybridized carbons (Fsp3) is 0.389. The van der Waals surface area contributed by atoms with Crippen LogP contribution in [-0.2, 0) is 0 Å². The molecular weight excluding hydrogens is 260 g/mol. The Kier molecular flexibility index (Phi) is 4.20. The van der Waals surface area contributed by atoms with E-state index in [9.17, 15) is 4.79 Å². The van der Waals surface area contributed by atoms with Crippen LogP contribution in [0.15, 0.2) is 42.5 Å². The van der Waals surface area contributed by atoms with Gasteiger partial charge in [0.25, 0.3) is 5.91 Å². The zero-order chi connectivity index (χ0) is 14.7. The van der Waals surface area contributed by atoms with Crippen LogP contribution in [0.25, 0.3) is 10.8 Å². The van der Waals surface area contributed by atoms with Gasteiger partial charge >= 0.3 is 0 Å².